The summed E-state index contributed by atoms with van der Waals surface area (Å²) < 4.78 is 11.5. The fourth-order valence-electron chi connectivity index (χ4n) is 2.46. The molecule has 1 unspecified atom stereocenters. The van der Waals surface area contributed by atoms with E-state index >= 15 is 0 Å². The highest BCUT2D eigenvalue weighted by atomic mass is 16.7. The van der Waals surface area contributed by atoms with Crippen molar-refractivity contribution >= 4 is 12.2 Å². The van der Waals surface area contributed by atoms with Crippen molar-refractivity contribution in [3.05, 3.63) is 108 Å². The lowest BCUT2D eigenvalue weighted by Gasteiger charge is -2.16. The minimum Gasteiger partial charge on any atom is -0.455 e. The van der Waals surface area contributed by atoms with Crippen LogP contribution < -0.4 is 9.47 Å². The Kier molecular flexibility index (Phi) is 6.27. The summed E-state index contributed by atoms with van der Waals surface area (Å²) in [6.45, 7) is 1.88. The molecule has 2 nitrogen and oxygen atoms in total. The topological polar surface area (TPSA) is 18.5 Å². The lowest BCUT2D eigenvalue weighted by molar-refractivity contribution is 0.0223. The van der Waals surface area contributed by atoms with E-state index < -0.39 is 0 Å². The van der Waals surface area contributed by atoms with Gasteiger partial charge in [0.2, 0.25) is 6.29 Å². The first-order chi connectivity index (χ1) is 12.8. The fourth-order valence-corrected chi connectivity index (χ4v) is 2.46. The molecule has 3 aromatic rings. The second-order valence-electron chi connectivity index (χ2n) is 5.81. The molecule has 3 rings (SSSR count). The van der Waals surface area contributed by atoms with Crippen molar-refractivity contribution < 1.29 is 9.47 Å². The van der Waals surface area contributed by atoms with Crippen LogP contribution in [0.1, 0.15) is 18.1 Å². The first-order valence-corrected chi connectivity index (χ1v) is 8.68. The molecule has 0 N–H and O–H groups in total. The van der Waals surface area contributed by atoms with Gasteiger partial charge in [-0.2, -0.15) is 0 Å². The third-order valence-corrected chi connectivity index (χ3v) is 3.72. The zero-order valence-electron chi connectivity index (χ0n) is 14.8. The molecule has 2 heteroatoms. The zero-order valence-corrected chi connectivity index (χ0v) is 14.8. The van der Waals surface area contributed by atoms with Gasteiger partial charge in [0, 0.05) is 6.92 Å². The van der Waals surface area contributed by atoms with Crippen LogP contribution in [-0.2, 0) is 0 Å². The van der Waals surface area contributed by atoms with Crippen molar-refractivity contribution in [1.82, 2.24) is 0 Å². The summed E-state index contributed by atoms with van der Waals surface area (Å²) in [5, 5.41) is 0. The molecule has 0 bridgehead atoms. The van der Waals surface area contributed by atoms with Gasteiger partial charge in [0.25, 0.3) is 0 Å². The van der Waals surface area contributed by atoms with Gasteiger partial charge in [-0.1, -0.05) is 85.0 Å². The second-order valence-corrected chi connectivity index (χ2v) is 5.81. The number of ether oxygens (including phenoxy) is 2. The third-order valence-electron chi connectivity index (χ3n) is 3.72. The molecule has 0 aliphatic heterocycles. The van der Waals surface area contributed by atoms with E-state index in [4.69, 9.17) is 9.47 Å². The number of para-hydroxylation sites is 1. The Bertz CT molecular complexity index is 834. The number of benzene rings is 3. The maximum Gasteiger partial charge on any atom is 0.238 e. The van der Waals surface area contributed by atoms with Gasteiger partial charge in [0.1, 0.15) is 11.5 Å². The van der Waals surface area contributed by atoms with E-state index in [1.165, 1.54) is 5.56 Å². The van der Waals surface area contributed by atoms with E-state index in [2.05, 4.69) is 24.3 Å². The molecule has 3 aromatic carbocycles. The first-order valence-electron chi connectivity index (χ1n) is 8.68. The van der Waals surface area contributed by atoms with E-state index in [1.54, 1.807) is 0 Å². The number of hydrogen-bond acceptors (Lipinski definition) is 2. The van der Waals surface area contributed by atoms with Crippen LogP contribution in [-0.4, -0.2) is 6.29 Å². The van der Waals surface area contributed by atoms with Crippen LogP contribution in [0, 0.1) is 0 Å². The summed E-state index contributed by atoms with van der Waals surface area (Å²) in [5.74, 6) is 1.58. The summed E-state index contributed by atoms with van der Waals surface area (Å²) >= 11 is 0. The Morgan fingerprint density at radius 3 is 1.62 bits per heavy atom. The monoisotopic (exact) mass is 342 g/mol. The highest BCUT2D eigenvalue weighted by Gasteiger charge is 2.05. The molecule has 0 saturated carbocycles. The summed E-state index contributed by atoms with van der Waals surface area (Å²) in [7, 11) is 0. The minimum absolute atomic E-state index is 0.354. The molecule has 0 radical (unpaired) electrons. The molecule has 130 valence electrons. The quantitative estimate of drug-likeness (QED) is 0.375. The molecule has 0 aliphatic carbocycles. The van der Waals surface area contributed by atoms with E-state index in [-0.39, 0.29) is 6.29 Å². The van der Waals surface area contributed by atoms with Gasteiger partial charge in [-0.3, -0.25) is 0 Å². The van der Waals surface area contributed by atoms with E-state index in [0.717, 1.165) is 17.1 Å². The maximum atomic E-state index is 5.80. The summed E-state index contributed by atoms with van der Waals surface area (Å²) in [5.41, 5.74) is 2.31. The van der Waals surface area contributed by atoms with Crippen molar-refractivity contribution in [1.29, 1.82) is 0 Å². The van der Waals surface area contributed by atoms with Crippen molar-refractivity contribution in [3.63, 3.8) is 0 Å². The summed E-state index contributed by atoms with van der Waals surface area (Å²) in [6, 6.07) is 27.9. The molecule has 0 spiro atoms. The average molecular weight is 342 g/mol. The molecular formula is C24H22O2. The van der Waals surface area contributed by atoms with Crippen LogP contribution in [0.25, 0.3) is 12.2 Å². The standard InChI is InChI=1S/C24H22O2/c1-20(25-23-14-6-3-7-15-23)26-24-18-16-22(17-19-24)13-9-8-12-21-10-4-2-5-11-21/h2-20H,1H3. The zero-order chi connectivity index (χ0) is 18.0. The normalized spacial score (nSPS) is 12.3. The van der Waals surface area contributed by atoms with Crippen LogP contribution in [0.5, 0.6) is 11.5 Å². The van der Waals surface area contributed by atoms with E-state index in [0.29, 0.717) is 0 Å². The highest BCUT2D eigenvalue weighted by molar-refractivity contribution is 5.57. The molecule has 1 atom stereocenters. The average Bonchev–Trinajstić information content (AvgIpc) is 2.68. The summed E-state index contributed by atoms with van der Waals surface area (Å²) in [4.78, 5) is 0. The molecule has 0 aromatic heterocycles. The van der Waals surface area contributed by atoms with Crippen LogP contribution in [0.3, 0.4) is 0 Å². The molecule has 0 aliphatic rings. The van der Waals surface area contributed by atoms with Crippen molar-refractivity contribution in [2.24, 2.45) is 0 Å². The lowest BCUT2D eigenvalue weighted by atomic mass is 10.2. The third kappa shape index (κ3) is 5.67. The van der Waals surface area contributed by atoms with Gasteiger partial charge in [0.05, 0.1) is 0 Å². The van der Waals surface area contributed by atoms with Gasteiger partial charge in [-0.05, 0) is 35.4 Å². The van der Waals surface area contributed by atoms with E-state index in [9.17, 15) is 0 Å². The minimum atomic E-state index is -0.354. The van der Waals surface area contributed by atoms with Gasteiger partial charge in [-0.15, -0.1) is 0 Å². The number of rotatable bonds is 7. The SMILES string of the molecule is CC(Oc1ccccc1)Oc1ccc(C=CC=Cc2ccccc2)cc1. The Morgan fingerprint density at radius 1 is 0.577 bits per heavy atom. The van der Waals surface area contributed by atoms with E-state index in [1.807, 2.05) is 91.9 Å². The van der Waals surface area contributed by atoms with Crippen LogP contribution in [0.4, 0.5) is 0 Å². The van der Waals surface area contributed by atoms with Gasteiger partial charge in [-0.25, -0.2) is 0 Å². The van der Waals surface area contributed by atoms with Gasteiger partial charge in [0.15, 0.2) is 0 Å². The van der Waals surface area contributed by atoms with Crippen LogP contribution in [0.15, 0.2) is 97.1 Å². The second kappa shape index (κ2) is 9.28. The largest absolute Gasteiger partial charge is 0.455 e. The smallest absolute Gasteiger partial charge is 0.238 e. The van der Waals surface area contributed by atoms with Gasteiger partial charge >= 0.3 is 0 Å². The predicted octanol–water partition coefficient (Wildman–Crippen LogP) is 6.22. The van der Waals surface area contributed by atoms with Crippen LogP contribution >= 0.6 is 0 Å². The van der Waals surface area contributed by atoms with Crippen LogP contribution in [0.2, 0.25) is 0 Å². The first kappa shape index (κ1) is 17.6. The Morgan fingerprint density at radius 2 is 1.04 bits per heavy atom. The lowest BCUT2D eigenvalue weighted by Crippen LogP contribution is -2.19. The van der Waals surface area contributed by atoms with Crippen molar-refractivity contribution in [2.45, 2.75) is 13.2 Å². The molecule has 0 amide bonds. The highest BCUT2D eigenvalue weighted by Crippen LogP contribution is 2.17. The van der Waals surface area contributed by atoms with Crippen molar-refractivity contribution in [3.8, 4) is 11.5 Å². The molecule has 26 heavy (non-hydrogen) atoms. The van der Waals surface area contributed by atoms with Gasteiger partial charge < -0.3 is 9.47 Å². The maximum absolute atomic E-state index is 5.80. The number of allylic oxidation sites excluding steroid dienone is 2. The molecule has 0 fully saturated rings. The Hall–Kier alpha value is -3.26. The number of hydrogen-bond donors (Lipinski definition) is 0. The molecular weight excluding hydrogens is 320 g/mol. The predicted molar refractivity (Wildman–Crippen MR) is 108 cm³/mol. The fraction of sp³-hybridized carbons (Fsp3) is 0.0833. The molecule has 0 saturated heterocycles. The Balaban J connectivity index is 1.51. The Labute approximate surface area is 155 Å². The van der Waals surface area contributed by atoms with Crippen molar-refractivity contribution in [2.75, 3.05) is 0 Å². The molecule has 0 heterocycles. The summed E-state index contributed by atoms with van der Waals surface area (Å²) in [6.07, 6.45) is 7.86.